The zero-order valence-electron chi connectivity index (χ0n) is 10.4. The van der Waals surface area contributed by atoms with Gasteiger partial charge in [0, 0.05) is 16.7 Å². The highest BCUT2D eigenvalue weighted by Crippen LogP contribution is 2.31. The molecule has 0 bridgehead atoms. The lowest BCUT2D eigenvalue weighted by atomic mass is 10.1. The lowest BCUT2D eigenvalue weighted by molar-refractivity contribution is 0.575. The maximum absolute atomic E-state index is 13.7. The highest BCUT2D eigenvalue weighted by atomic mass is 32.2. The van der Waals surface area contributed by atoms with Crippen LogP contribution < -0.4 is 5.32 Å². The zero-order chi connectivity index (χ0) is 12.1. The normalized spacial score (nSPS) is 13.1. The van der Waals surface area contributed by atoms with Gasteiger partial charge in [0.25, 0.3) is 0 Å². The van der Waals surface area contributed by atoms with E-state index in [0.717, 1.165) is 16.2 Å². The molecule has 0 heterocycles. The quantitative estimate of drug-likeness (QED) is 0.786. The van der Waals surface area contributed by atoms with E-state index in [0.29, 0.717) is 5.92 Å². The number of hydrogen-bond acceptors (Lipinski definition) is 2. The van der Waals surface area contributed by atoms with Crippen LogP contribution in [0.4, 0.5) is 4.39 Å². The van der Waals surface area contributed by atoms with E-state index >= 15 is 0 Å². The second kappa shape index (κ2) is 6.26. The standard InChI is InChI=1S/C13H20FNS/c1-9(2)8-16-13-11(10(3)15-4)6-5-7-12(13)14/h5-7,9-10,15H,8H2,1-4H3. The van der Waals surface area contributed by atoms with E-state index in [1.807, 2.05) is 20.0 Å². The van der Waals surface area contributed by atoms with Crippen molar-refractivity contribution in [3.8, 4) is 0 Å². The van der Waals surface area contributed by atoms with Crippen LogP contribution in [0.25, 0.3) is 0 Å². The molecule has 0 amide bonds. The van der Waals surface area contributed by atoms with Gasteiger partial charge in [-0.1, -0.05) is 26.0 Å². The van der Waals surface area contributed by atoms with Gasteiger partial charge in [0.2, 0.25) is 0 Å². The molecular weight excluding hydrogens is 221 g/mol. The third kappa shape index (κ3) is 3.49. The van der Waals surface area contributed by atoms with Gasteiger partial charge in [-0.2, -0.15) is 0 Å². The van der Waals surface area contributed by atoms with E-state index in [1.54, 1.807) is 17.8 Å². The topological polar surface area (TPSA) is 12.0 Å². The van der Waals surface area contributed by atoms with Crippen molar-refractivity contribution < 1.29 is 4.39 Å². The number of hydrogen-bond donors (Lipinski definition) is 1. The first-order valence-corrected chi connectivity index (χ1v) is 6.63. The predicted molar refractivity (Wildman–Crippen MR) is 69.4 cm³/mol. The number of halogens is 1. The minimum absolute atomic E-state index is 0.106. The minimum atomic E-state index is -0.106. The Morgan fingerprint density at radius 2 is 2.00 bits per heavy atom. The third-order valence-corrected chi connectivity index (χ3v) is 4.01. The molecule has 0 saturated heterocycles. The van der Waals surface area contributed by atoms with Crippen LogP contribution in [0.3, 0.4) is 0 Å². The van der Waals surface area contributed by atoms with Crippen molar-refractivity contribution in [2.45, 2.75) is 31.7 Å². The zero-order valence-corrected chi connectivity index (χ0v) is 11.2. The molecule has 0 radical (unpaired) electrons. The second-order valence-electron chi connectivity index (χ2n) is 4.37. The van der Waals surface area contributed by atoms with Gasteiger partial charge in [-0.05, 0) is 31.5 Å². The fourth-order valence-electron chi connectivity index (χ4n) is 1.42. The van der Waals surface area contributed by atoms with Crippen molar-refractivity contribution in [1.82, 2.24) is 5.32 Å². The summed E-state index contributed by atoms with van der Waals surface area (Å²) in [5.41, 5.74) is 1.05. The molecule has 0 aromatic heterocycles. The summed E-state index contributed by atoms with van der Waals surface area (Å²) in [5.74, 6) is 1.41. The average molecular weight is 241 g/mol. The largest absolute Gasteiger partial charge is 0.313 e. The smallest absolute Gasteiger partial charge is 0.137 e. The van der Waals surface area contributed by atoms with Gasteiger partial charge in [-0.3, -0.25) is 0 Å². The Kier molecular flexibility index (Phi) is 5.29. The molecule has 0 fully saturated rings. The number of rotatable bonds is 5. The SMILES string of the molecule is CNC(C)c1cccc(F)c1SCC(C)C. The van der Waals surface area contributed by atoms with E-state index in [9.17, 15) is 4.39 Å². The summed E-state index contributed by atoms with van der Waals surface area (Å²) in [5, 5.41) is 3.16. The minimum Gasteiger partial charge on any atom is -0.313 e. The molecule has 1 atom stereocenters. The van der Waals surface area contributed by atoms with Crippen LogP contribution in [0.5, 0.6) is 0 Å². The van der Waals surface area contributed by atoms with E-state index in [-0.39, 0.29) is 11.9 Å². The predicted octanol–water partition coefficient (Wildman–Crippen LogP) is 3.85. The summed E-state index contributed by atoms with van der Waals surface area (Å²) in [6.07, 6.45) is 0. The molecule has 1 unspecified atom stereocenters. The van der Waals surface area contributed by atoms with Gasteiger partial charge in [-0.15, -0.1) is 11.8 Å². The van der Waals surface area contributed by atoms with Crippen LogP contribution in [0.15, 0.2) is 23.1 Å². The van der Waals surface area contributed by atoms with Crippen LogP contribution in [0, 0.1) is 11.7 Å². The molecule has 0 aliphatic rings. The Hall–Kier alpha value is -0.540. The van der Waals surface area contributed by atoms with Gasteiger partial charge in [-0.25, -0.2) is 4.39 Å². The average Bonchev–Trinajstić information content (AvgIpc) is 2.25. The molecule has 1 nitrogen and oxygen atoms in total. The first kappa shape index (κ1) is 13.5. The van der Waals surface area contributed by atoms with E-state index < -0.39 is 0 Å². The molecule has 0 spiro atoms. The summed E-state index contributed by atoms with van der Waals surface area (Å²) >= 11 is 1.61. The van der Waals surface area contributed by atoms with Gasteiger partial charge in [0.15, 0.2) is 0 Å². The molecule has 1 N–H and O–H groups in total. The fraction of sp³-hybridized carbons (Fsp3) is 0.538. The Bertz CT molecular complexity index is 339. The molecule has 1 aromatic carbocycles. The van der Waals surface area contributed by atoms with Crippen LogP contribution in [-0.2, 0) is 0 Å². The molecule has 1 rings (SSSR count). The summed E-state index contributed by atoms with van der Waals surface area (Å²) in [6.45, 7) is 6.35. The summed E-state index contributed by atoms with van der Waals surface area (Å²) < 4.78 is 13.7. The summed E-state index contributed by atoms with van der Waals surface area (Å²) in [4.78, 5) is 0.790. The molecule has 3 heteroatoms. The summed E-state index contributed by atoms with van der Waals surface area (Å²) in [6, 6.07) is 5.49. The lowest BCUT2D eigenvalue weighted by Gasteiger charge is -2.16. The van der Waals surface area contributed by atoms with Gasteiger partial charge in [0.05, 0.1) is 0 Å². The van der Waals surface area contributed by atoms with Crippen molar-refractivity contribution in [3.63, 3.8) is 0 Å². The van der Waals surface area contributed by atoms with E-state index in [4.69, 9.17) is 0 Å². The molecule has 0 aliphatic carbocycles. The first-order valence-electron chi connectivity index (χ1n) is 5.64. The van der Waals surface area contributed by atoms with Crippen molar-refractivity contribution >= 4 is 11.8 Å². The Balaban J connectivity index is 2.94. The molecule has 16 heavy (non-hydrogen) atoms. The van der Waals surface area contributed by atoms with Crippen molar-refractivity contribution in [3.05, 3.63) is 29.6 Å². The van der Waals surface area contributed by atoms with Gasteiger partial charge >= 0.3 is 0 Å². The third-order valence-electron chi connectivity index (χ3n) is 2.46. The molecular formula is C13H20FNS. The lowest BCUT2D eigenvalue weighted by Crippen LogP contribution is -2.14. The van der Waals surface area contributed by atoms with Crippen LogP contribution >= 0.6 is 11.8 Å². The molecule has 1 aromatic rings. The van der Waals surface area contributed by atoms with Crippen LogP contribution in [0.2, 0.25) is 0 Å². The Morgan fingerprint density at radius 1 is 1.31 bits per heavy atom. The maximum Gasteiger partial charge on any atom is 0.137 e. The molecule has 0 aliphatic heterocycles. The monoisotopic (exact) mass is 241 g/mol. The molecule has 0 saturated carbocycles. The van der Waals surface area contributed by atoms with Gasteiger partial charge < -0.3 is 5.32 Å². The number of benzene rings is 1. The van der Waals surface area contributed by atoms with Crippen molar-refractivity contribution in [2.75, 3.05) is 12.8 Å². The maximum atomic E-state index is 13.7. The molecule has 90 valence electrons. The number of nitrogens with one attached hydrogen (secondary N) is 1. The number of thioether (sulfide) groups is 1. The van der Waals surface area contributed by atoms with Crippen molar-refractivity contribution in [2.24, 2.45) is 5.92 Å². The van der Waals surface area contributed by atoms with Crippen LogP contribution in [0.1, 0.15) is 32.4 Å². The van der Waals surface area contributed by atoms with Crippen molar-refractivity contribution in [1.29, 1.82) is 0 Å². The van der Waals surface area contributed by atoms with E-state index in [1.165, 1.54) is 6.07 Å². The highest BCUT2D eigenvalue weighted by molar-refractivity contribution is 7.99. The second-order valence-corrected chi connectivity index (χ2v) is 5.40. The summed E-state index contributed by atoms with van der Waals surface area (Å²) in [7, 11) is 1.90. The first-order chi connectivity index (χ1) is 7.56. The Morgan fingerprint density at radius 3 is 2.56 bits per heavy atom. The highest BCUT2D eigenvalue weighted by Gasteiger charge is 2.13. The Labute approximate surface area is 102 Å². The van der Waals surface area contributed by atoms with E-state index in [2.05, 4.69) is 19.2 Å². The fourth-order valence-corrected chi connectivity index (χ4v) is 2.54. The van der Waals surface area contributed by atoms with Crippen LogP contribution in [-0.4, -0.2) is 12.8 Å². The van der Waals surface area contributed by atoms with Gasteiger partial charge in [0.1, 0.15) is 5.82 Å².